The van der Waals surface area contributed by atoms with Crippen LogP contribution in [0.3, 0.4) is 0 Å². The fraction of sp³-hybridized carbons (Fsp3) is 0.172. The Labute approximate surface area is 204 Å². The number of H-pyrrole nitrogens is 1. The third-order valence-electron chi connectivity index (χ3n) is 6.63. The van der Waals surface area contributed by atoms with Crippen LogP contribution in [0.15, 0.2) is 85.2 Å². The number of morpholine rings is 1. The highest BCUT2D eigenvalue weighted by molar-refractivity contribution is 5.95. The molecule has 0 atom stereocenters. The van der Waals surface area contributed by atoms with E-state index in [4.69, 9.17) is 4.74 Å². The van der Waals surface area contributed by atoms with Crippen molar-refractivity contribution in [1.82, 2.24) is 15.0 Å². The molecule has 0 spiro atoms. The van der Waals surface area contributed by atoms with Gasteiger partial charge in [-0.25, -0.2) is 9.97 Å². The number of pyridine rings is 1. The van der Waals surface area contributed by atoms with E-state index >= 15 is 0 Å². The molecule has 1 saturated heterocycles. The Morgan fingerprint density at radius 1 is 0.914 bits per heavy atom. The maximum Gasteiger partial charge on any atom is 0.138 e. The van der Waals surface area contributed by atoms with E-state index in [0.717, 1.165) is 71.4 Å². The molecule has 3 aromatic carbocycles. The van der Waals surface area contributed by atoms with Crippen molar-refractivity contribution in [2.75, 3.05) is 36.5 Å². The summed E-state index contributed by atoms with van der Waals surface area (Å²) >= 11 is 0. The lowest BCUT2D eigenvalue weighted by molar-refractivity contribution is 0.122. The van der Waals surface area contributed by atoms with Gasteiger partial charge in [0.05, 0.1) is 25.1 Å². The van der Waals surface area contributed by atoms with E-state index in [2.05, 4.69) is 86.7 Å². The lowest BCUT2D eigenvalue weighted by atomic mass is 10.1. The van der Waals surface area contributed by atoms with Crippen molar-refractivity contribution in [3.63, 3.8) is 0 Å². The third-order valence-corrected chi connectivity index (χ3v) is 6.63. The highest BCUT2D eigenvalue weighted by atomic mass is 16.5. The summed E-state index contributed by atoms with van der Waals surface area (Å²) in [4.78, 5) is 15.2. The van der Waals surface area contributed by atoms with Gasteiger partial charge in [0.1, 0.15) is 11.6 Å². The van der Waals surface area contributed by atoms with Crippen LogP contribution in [0, 0.1) is 6.92 Å². The summed E-state index contributed by atoms with van der Waals surface area (Å²) in [6.45, 7) is 5.52. The fourth-order valence-electron chi connectivity index (χ4n) is 4.66. The van der Waals surface area contributed by atoms with E-state index in [0.29, 0.717) is 0 Å². The Morgan fingerprint density at radius 3 is 2.63 bits per heavy atom. The molecule has 0 unspecified atom stereocenters. The quantitative estimate of drug-likeness (QED) is 0.327. The minimum Gasteiger partial charge on any atom is -0.378 e. The highest BCUT2D eigenvalue weighted by Crippen LogP contribution is 2.33. The molecular weight excluding hydrogens is 434 g/mol. The Kier molecular flexibility index (Phi) is 5.64. The molecule has 1 fully saturated rings. The largest absolute Gasteiger partial charge is 0.378 e. The van der Waals surface area contributed by atoms with Crippen molar-refractivity contribution < 1.29 is 4.74 Å². The van der Waals surface area contributed by atoms with Gasteiger partial charge in [0.15, 0.2) is 0 Å². The average molecular weight is 462 g/mol. The molecule has 6 nitrogen and oxygen atoms in total. The van der Waals surface area contributed by atoms with Gasteiger partial charge >= 0.3 is 0 Å². The van der Waals surface area contributed by atoms with Crippen LogP contribution in [-0.2, 0) is 4.74 Å². The molecule has 0 amide bonds. The molecule has 0 bridgehead atoms. The van der Waals surface area contributed by atoms with Gasteiger partial charge in [-0.2, -0.15) is 0 Å². The van der Waals surface area contributed by atoms with E-state index < -0.39 is 0 Å². The lowest BCUT2D eigenvalue weighted by Crippen LogP contribution is -2.36. The number of rotatable bonds is 5. The number of hydrogen-bond donors (Lipinski definition) is 2. The van der Waals surface area contributed by atoms with Crippen LogP contribution in [0.5, 0.6) is 0 Å². The number of aromatic nitrogens is 3. The Hall–Kier alpha value is -4.16. The maximum atomic E-state index is 5.50. The van der Waals surface area contributed by atoms with Crippen molar-refractivity contribution in [2.45, 2.75) is 6.92 Å². The molecule has 35 heavy (non-hydrogen) atoms. The van der Waals surface area contributed by atoms with Crippen LogP contribution in [0.25, 0.3) is 33.4 Å². The number of anilines is 3. The Bertz CT molecular complexity index is 1470. The predicted octanol–water partition coefficient (Wildman–Crippen LogP) is 6.18. The number of hydrogen-bond acceptors (Lipinski definition) is 5. The van der Waals surface area contributed by atoms with Crippen LogP contribution < -0.4 is 10.2 Å². The van der Waals surface area contributed by atoms with E-state index in [1.54, 1.807) is 0 Å². The van der Waals surface area contributed by atoms with Gasteiger partial charge in [-0.05, 0) is 53.8 Å². The number of nitrogens with one attached hydrogen (secondary N) is 2. The highest BCUT2D eigenvalue weighted by Gasteiger charge is 2.14. The first-order valence-electron chi connectivity index (χ1n) is 12.0. The summed E-state index contributed by atoms with van der Waals surface area (Å²) in [6.07, 6.45) is 3.76. The molecule has 1 aliphatic heterocycles. The molecule has 2 aromatic heterocycles. The molecule has 5 aromatic rings. The molecule has 174 valence electrons. The van der Waals surface area contributed by atoms with Crippen molar-refractivity contribution >= 4 is 28.0 Å². The van der Waals surface area contributed by atoms with Crippen LogP contribution in [-0.4, -0.2) is 41.3 Å². The number of nitrogens with zero attached hydrogens (tertiary/aromatic N) is 3. The lowest BCUT2D eigenvalue weighted by Gasteiger charge is -2.29. The topological polar surface area (TPSA) is 66.1 Å². The first-order chi connectivity index (χ1) is 17.3. The van der Waals surface area contributed by atoms with Crippen LogP contribution >= 0.6 is 0 Å². The zero-order valence-electron chi connectivity index (χ0n) is 19.7. The number of imidazole rings is 1. The monoisotopic (exact) mass is 461 g/mol. The second-order valence-electron chi connectivity index (χ2n) is 8.78. The minimum absolute atomic E-state index is 0.777. The predicted molar refractivity (Wildman–Crippen MR) is 142 cm³/mol. The van der Waals surface area contributed by atoms with Crippen molar-refractivity contribution in [3.8, 4) is 22.6 Å². The summed E-state index contributed by atoms with van der Waals surface area (Å²) < 4.78 is 5.50. The van der Waals surface area contributed by atoms with Crippen LogP contribution in [0.1, 0.15) is 5.56 Å². The molecule has 3 heterocycles. The van der Waals surface area contributed by atoms with Crippen LogP contribution in [0.2, 0.25) is 0 Å². The molecule has 0 radical (unpaired) electrons. The Balaban J connectivity index is 1.30. The van der Waals surface area contributed by atoms with Gasteiger partial charge in [-0.15, -0.1) is 0 Å². The van der Waals surface area contributed by atoms with Gasteiger partial charge in [-0.3, -0.25) is 0 Å². The third kappa shape index (κ3) is 4.24. The van der Waals surface area contributed by atoms with Gasteiger partial charge in [0, 0.05) is 41.6 Å². The van der Waals surface area contributed by atoms with Crippen molar-refractivity contribution in [2.24, 2.45) is 0 Å². The second kappa shape index (κ2) is 9.24. The molecule has 6 rings (SSSR count). The van der Waals surface area contributed by atoms with Gasteiger partial charge in [0.25, 0.3) is 0 Å². The molecule has 2 N–H and O–H groups in total. The summed E-state index contributed by atoms with van der Waals surface area (Å²) in [5, 5.41) is 5.84. The number of benzene rings is 3. The van der Waals surface area contributed by atoms with Gasteiger partial charge in [-0.1, -0.05) is 42.5 Å². The van der Waals surface area contributed by atoms with E-state index in [1.807, 2.05) is 30.6 Å². The summed E-state index contributed by atoms with van der Waals surface area (Å²) in [6, 6.07) is 25.1. The Morgan fingerprint density at radius 2 is 1.77 bits per heavy atom. The zero-order chi connectivity index (χ0) is 23.6. The normalized spacial score (nSPS) is 13.8. The maximum absolute atomic E-state index is 5.50. The second-order valence-corrected chi connectivity index (χ2v) is 8.78. The molecule has 1 aliphatic rings. The van der Waals surface area contributed by atoms with Gasteiger partial charge < -0.3 is 19.9 Å². The van der Waals surface area contributed by atoms with Crippen molar-refractivity contribution in [3.05, 3.63) is 90.8 Å². The van der Waals surface area contributed by atoms with Crippen LogP contribution in [0.4, 0.5) is 17.2 Å². The number of ether oxygens (including phenoxy) is 1. The van der Waals surface area contributed by atoms with Crippen molar-refractivity contribution in [1.29, 1.82) is 0 Å². The van der Waals surface area contributed by atoms with E-state index in [1.165, 1.54) is 11.1 Å². The summed E-state index contributed by atoms with van der Waals surface area (Å²) in [7, 11) is 0. The fourth-order valence-corrected chi connectivity index (χ4v) is 4.66. The van der Waals surface area contributed by atoms with E-state index in [-0.39, 0.29) is 0 Å². The molecular formula is C29H27N5O. The summed E-state index contributed by atoms with van der Waals surface area (Å²) in [5.74, 6) is 1.70. The number of fused-ring (bicyclic) bond motifs is 1. The number of aromatic amines is 1. The van der Waals surface area contributed by atoms with E-state index in [9.17, 15) is 0 Å². The first kappa shape index (κ1) is 21.4. The SMILES string of the molecule is Cc1c(Nc2nccc3cc(N4CCOCC4)ccc23)cccc1-c1ncc(-c2ccccc2)[nH]1. The smallest absolute Gasteiger partial charge is 0.138 e. The first-order valence-corrected chi connectivity index (χ1v) is 12.0. The zero-order valence-corrected chi connectivity index (χ0v) is 19.7. The standard InChI is InChI=1S/C29H27N5O/c1-20-24(28-31-19-27(33-28)21-6-3-2-4-7-21)8-5-9-26(20)32-29-25-11-10-23(18-22(25)12-13-30-29)34-14-16-35-17-15-34/h2-13,18-19H,14-17H2,1H3,(H,30,32)(H,31,33). The minimum atomic E-state index is 0.777. The van der Waals surface area contributed by atoms with Gasteiger partial charge in [0.2, 0.25) is 0 Å². The molecule has 6 heteroatoms. The molecule has 0 aliphatic carbocycles. The average Bonchev–Trinajstić information content (AvgIpc) is 3.41. The summed E-state index contributed by atoms with van der Waals surface area (Å²) in [5.41, 5.74) is 6.54. The molecule has 0 saturated carbocycles.